The molecule has 31 heavy (non-hydrogen) atoms. The van der Waals surface area contributed by atoms with E-state index in [1.165, 1.54) is 10.6 Å². The van der Waals surface area contributed by atoms with Crippen LogP contribution < -0.4 is 0 Å². The quantitative estimate of drug-likeness (QED) is 0.337. The van der Waals surface area contributed by atoms with Crippen LogP contribution in [0.3, 0.4) is 0 Å². The highest BCUT2D eigenvalue weighted by atomic mass is 16.3. The highest BCUT2D eigenvalue weighted by Gasteiger charge is 2.21. The van der Waals surface area contributed by atoms with Crippen LogP contribution in [0, 0.1) is 4.91 Å². The van der Waals surface area contributed by atoms with Gasteiger partial charge >= 0.3 is 5.91 Å². The number of hydrogen-bond acceptors (Lipinski definition) is 4. The van der Waals surface area contributed by atoms with Crippen LogP contribution in [-0.2, 0) is 11.3 Å². The second kappa shape index (κ2) is 8.67. The minimum Gasteiger partial charge on any atom is -0.494 e. The number of nitroso groups, excluding NO2 is 1. The number of amides is 1. The van der Waals surface area contributed by atoms with Gasteiger partial charge in [0.1, 0.15) is 0 Å². The van der Waals surface area contributed by atoms with Crippen molar-refractivity contribution < 1.29 is 15.0 Å². The first kappa shape index (κ1) is 20.1. The maximum Gasteiger partial charge on any atom is 0.309 e. The van der Waals surface area contributed by atoms with E-state index in [0.29, 0.717) is 22.9 Å². The van der Waals surface area contributed by atoms with E-state index in [1.807, 2.05) is 60.7 Å². The van der Waals surface area contributed by atoms with E-state index < -0.39 is 5.91 Å². The number of fused-ring (bicyclic) bond motifs is 1. The Hall–Kier alpha value is -4.19. The minimum atomic E-state index is -0.890. The van der Waals surface area contributed by atoms with Gasteiger partial charge in [0.2, 0.25) is 11.8 Å². The van der Waals surface area contributed by atoms with Crippen molar-refractivity contribution in [3.05, 3.63) is 107 Å². The summed E-state index contributed by atoms with van der Waals surface area (Å²) in [5, 5.41) is 25.0. The normalized spacial score (nSPS) is 11.4. The van der Waals surface area contributed by atoms with Crippen molar-refractivity contribution in [3.8, 4) is 11.8 Å². The zero-order valence-electron chi connectivity index (χ0n) is 16.6. The number of carbonyl (C=O) groups excluding carboxylic acids is 1. The van der Waals surface area contributed by atoms with Gasteiger partial charge in [0.25, 0.3) is 0 Å². The number of hydrogen-bond donors (Lipinski definition) is 2. The molecule has 4 rings (SSSR count). The fourth-order valence-corrected chi connectivity index (χ4v) is 3.76. The zero-order chi connectivity index (χ0) is 21.8. The van der Waals surface area contributed by atoms with Gasteiger partial charge in [0, 0.05) is 34.5 Å². The molecule has 1 amide bonds. The molecule has 0 atom stereocenters. The first-order valence-electron chi connectivity index (χ1n) is 9.78. The summed E-state index contributed by atoms with van der Waals surface area (Å²) in [7, 11) is 0. The van der Waals surface area contributed by atoms with Crippen molar-refractivity contribution in [3.63, 3.8) is 0 Å². The molecular weight excluding hydrogens is 392 g/mol. The Labute approximate surface area is 178 Å². The predicted octanol–water partition coefficient (Wildman–Crippen LogP) is 5.19. The summed E-state index contributed by atoms with van der Waals surface area (Å²) >= 11 is 0. The Morgan fingerprint density at radius 2 is 1.45 bits per heavy atom. The number of carbonyl (C=O) groups is 1. The standard InChI is InChI=1S/C25H20N2O4/c28-23(26-31)14-12-17-11-13-20-21(15-17)25(30)27(24(20)29)16-22(18-7-3-1-4-8-18)19-9-5-2-6-10-19/h1-15,22,29-30H,16H2/b14-12+. The highest BCUT2D eigenvalue weighted by molar-refractivity contribution is 5.96. The average molecular weight is 412 g/mol. The summed E-state index contributed by atoms with van der Waals surface area (Å²) in [5.74, 6) is -1.08. The van der Waals surface area contributed by atoms with Gasteiger partial charge in [-0.05, 0) is 34.9 Å². The van der Waals surface area contributed by atoms with Crippen molar-refractivity contribution in [2.45, 2.75) is 12.5 Å². The molecular formula is C25H20N2O4. The molecule has 0 aliphatic carbocycles. The molecule has 3 aromatic carbocycles. The summed E-state index contributed by atoms with van der Waals surface area (Å²) in [6.07, 6.45) is 2.50. The number of nitrogens with zero attached hydrogens (tertiary/aromatic N) is 2. The van der Waals surface area contributed by atoms with E-state index in [2.05, 4.69) is 5.18 Å². The molecule has 0 saturated heterocycles. The lowest BCUT2D eigenvalue weighted by Crippen LogP contribution is -2.10. The fraction of sp³-hybridized carbons (Fsp3) is 0.0800. The topological polar surface area (TPSA) is 91.9 Å². The average Bonchev–Trinajstić information content (AvgIpc) is 3.06. The molecule has 0 aliphatic heterocycles. The second-order valence-corrected chi connectivity index (χ2v) is 7.20. The van der Waals surface area contributed by atoms with Crippen molar-refractivity contribution in [1.82, 2.24) is 4.57 Å². The third kappa shape index (κ3) is 4.09. The number of benzene rings is 3. The van der Waals surface area contributed by atoms with Crippen LogP contribution in [-0.4, -0.2) is 20.7 Å². The largest absolute Gasteiger partial charge is 0.494 e. The van der Waals surface area contributed by atoms with E-state index in [9.17, 15) is 19.9 Å². The van der Waals surface area contributed by atoms with Crippen LogP contribution in [0.5, 0.6) is 11.8 Å². The van der Waals surface area contributed by atoms with Crippen LogP contribution in [0.4, 0.5) is 0 Å². The van der Waals surface area contributed by atoms with Crippen LogP contribution in [0.2, 0.25) is 0 Å². The molecule has 0 saturated carbocycles. The van der Waals surface area contributed by atoms with Gasteiger partial charge < -0.3 is 10.2 Å². The summed E-state index contributed by atoms with van der Waals surface area (Å²) in [4.78, 5) is 21.4. The minimum absolute atomic E-state index is 0.0365. The fourth-order valence-electron chi connectivity index (χ4n) is 3.76. The lowest BCUT2D eigenvalue weighted by molar-refractivity contribution is -0.113. The van der Waals surface area contributed by atoms with Gasteiger partial charge in [-0.3, -0.25) is 9.36 Å². The molecule has 0 aliphatic rings. The van der Waals surface area contributed by atoms with Gasteiger partial charge in [-0.2, -0.15) is 0 Å². The molecule has 1 heterocycles. The molecule has 6 nitrogen and oxygen atoms in total. The summed E-state index contributed by atoms with van der Waals surface area (Å²) in [5.41, 5.74) is 2.72. The second-order valence-electron chi connectivity index (χ2n) is 7.20. The third-order valence-corrected chi connectivity index (χ3v) is 5.31. The Balaban J connectivity index is 1.76. The van der Waals surface area contributed by atoms with E-state index in [1.54, 1.807) is 18.2 Å². The molecule has 1 aromatic heterocycles. The van der Waals surface area contributed by atoms with Crippen molar-refractivity contribution in [1.29, 1.82) is 0 Å². The van der Waals surface area contributed by atoms with Crippen LogP contribution >= 0.6 is 0 Å². The molecule has 0 radical (unpaired) electrons. The predicted molar refractivity (Wildman–Crippen MR) is 120 cm³/mol. The molecule has 6 heteroatoms. The smallest absolute Gasteiger partial charge is 0.309 e. The Kier molecular flexibility index (Phi) is 5.62. The van der Waals surface area contributed by atoms with Gasteiger partial charge in [-0.1, -0.05) is 66.7 Å². The zero-order valence-corrected chi connectivity index (χ0v) is 16.6. The molecule has 2 N–H and O–H groups in total. The summed E-state index contributed by atoms with van der Waals surface area (Å²) < 4.78 is 1.49. The van der Waals surface area contributed by atoms with Gasteiger partial charge in [-0.25, -0.2) is 0 Å². The van der Waals surface area contributed by atoms with Crippen molar-refractivity contribution in [2.24, 2.45) is 5.18 Å². The molecule has 154 valence electrons. The summed E-state index contributed by atoms with van der Waals surface area (Å²) in [6.45, 7) is 0.332. The van der Waals surface area contributed by atoms with Crippen LogP contribution in [0.1, 0.15) is 22.6 Å². The van der Waals surface area contributed by atoms with E-state index in [-0.39, 0.29) is 17.7 Å². The van der Waals surface area contributed by atoms with E-state index in [4.69, 9.17) is 0 Å². The lowest BCUT2D eigenvalue weighted by Gasteiger charge is -2.20. The molecule has 4 aromatic rings. The maximum atomic E-state index is 11.1. The Morgan fingerprint density at radius 3 is 2.03 bits per heavy atom. The number of aromatic hydroxyl groups is 2. The number of aromatic nitrogens is 1. The van der Waals surface area contributed by atoms with Crippen LogP contribution in [0.15, 0.2) is 90.1 Å². The summed E-state index contributed by atoms with van der Waals surface area (Å²) in [6, 6.07) is 24.8. The van der Waals surface area contributed by atoms with Gasteiger partial charge in [0.15, 0.2) is 0 Å². The molecule has 0 bridgehead atoms. The van der Waals surface area contributed by atoms with Gasteiger partial charge in [-0.15, -0.1) is 4.91 Å². The Morgan fingerprint density at radius 1 is 0.871 bits per heavy atom. The van der Waals surface area contributed by atoms with Crippen molar-refractivity contribution in [2.75, 3.05) is 0 Å². The number of rotatable bonds is 6. The van der Waals surface area contributed by atoms with E-state index >= 15 is 0 Å². The lowest BCUT2D eigenvalue weighted by atomic mass is 9.91. The first-order valence-corrected chi connectivity index (χ1v) is 9.78. The van der Waals surface area contributed by atoms with Crippen molar-refractivity contribution >= 4 is 22.8 Å². The maximum absolute atomic E-state index is 11.1. The molecule has 0 spiro atoms. The third-order valence-electron chi connectivity index (χ3n) is 5.31. The first-order chi connectivity index (χ1) is 15.1. The SMILES string of the molecule is O=NC(=O)/C=C/c1ccc2c(O)n(CC(c3ccccc3)c3ccccc3)c(O)c2c1. The monoisotopic (exact) mass is 412 g/mol. The molecule has 0 unspecified atom stereocenters. The highest BCUT2D eigenvalue weighted by Crippen LogP contribution is 2.39. The Bertz CT molecular complexity index is 1220. The van der Waals surface area contributed by atoms with E-state index in [0.717, 1.165) is 17.2 Å². The molecule has 0 fully saturated rings. The van der Waals surface area contributed by atoms with Crippen LogP contribution in [0.25, 0.3) is 16.8 Å². The van der Waals surface area contributed by atoms with Gasteiger partial charge in [0.05, 0.1) is 0 Å².